The van der Waals surface area contributed by atoms with Gasteiger partial charge >= 0.3 is 0 Å². The van der Waals surface area contributed by atoms with Crippen LogP contribution in [0.3, 0.4) is 0 Å². The van der Waals surface area contributed by atoms with Gasteiger partial charge in [-0.3, -0.25) is 4.99 Å². The molecule has 2 rings (SSSR count). The molecule has 2 N–H and O–H groups in total. The average molecular weight is 490 g/mol. The zero-order chi connectivity index (χ0) is 19.0. The maximum atomic E-state index is 13.5. The van der Waals surface area contributed by atoms with Gasteiger partial charge in [0, 0.05) is 25.0 Å². The van der Waals surface area contributed by atoms with E-state index in [1.807, 2.05) is 6.07 Å². The molecule has 1 saturated carbocycles. The monoisotopic (exact) mass is 490 g/mol. The van der Waals surface area contributed by atoms with Gasteiger partial charge in [0.25, 0.3) is 0 Å². The van der Waals surface area contributed by atoms with Gasteiger partial charge in [-0.2, -0.15) is 0 Å². The Morgan fingerprint density at radius 1 is 1.30 bits per heavy atom. The van der Waals surface area contributed by atoms with Crippen molar-refractivity contribution in [1.82, 2.24) is 15.5 Å². The van der Waals surface area contributed by atoms with Crippen LogP contribution in [0.25, 0.3) is 0 Å². The average Bonchev–Trinajstić information content (AvgIpc) is 3.43. The van der Waals surface area contributed by atoms with Crippen LogP contribution in [-0.2, 0) is 5.41 Å². The van der Waals surface area contributed by atoms with Gasteiger partial charge in [-0.05, 0) is 69.9 Å². The first-order valence-electron chi connectivity index (χ1n) is 9.98. The van der Waals surface area contributed by atoms with E-state index in [0.29, 0.717) is 6.04 Å². The van der Waals surface area contributed by atoms with E-state index in [-0.39, 0.29) is 35.2 Å². The molecule has 0 amide bonds. The Morgan fingerprint density at radius 2 is 2.00 bits per heavy atom. The summed E-state index contributed by atoms with van der Waals surface area (Å²) >= 11 is 0. The molecule has 154 valence electrons. The Hall–Kier alpha value is -0.890. The van der Waals surface area contributed by atoms with Crippen molar-refractivity contribution in [3.05, 3.63) is 35.6 Å². The maximum absolute atomic E-state index is 13.5. The summed E-state index contributed by atoms with van der Waals surface area (Å²) in [6.07, 6.45) is 4.49. The van der Waals surface area contributed by atoms with Crippen molar-refractivity contribution in [3.63, 3.8) is 0 Å². The largest absolute Gasteiger partial charge is 0.356 e. The van der Waals surface area contributed by atoms with Crippen molar-refractivity contribution in [1.29, 1.82) is 0 Å². The zero-order valence-corrected chi connectivity index (χ0v) is 19.6. The number of nitrogens with one attached hydrogen (secondary N) is 2. The van der Waals surface area contributed by atoms with Crippen LogP contribution < -0.4 is 10.6 Å². The van der Waals surface area contributed by atoms with E-state index in [0.717, 1.165) is 57.0 Å². The molecular formula is C21H36FIN4. The van der Waals surface area contributed by atoms with Crippen molar-refractivity contribution >= 4 is 29.9 Å². The second-order valence-electron chi connectivity index (χ2n) is 7.43. The summed E-state index contributed by atoms with van der Waals surface area (Å²) < 4.78 is 13.5. The fourth-order valence-electron chi connectivity index (χ4n) is 3.45. The van der Waals surface area contributed by atoms with Crippen LogP contribution >= 0.6 is 24.0 Å². The number of aliphatic imine (C=N–C) groups is 1. The molecule has 0 aromatic heterocycles. The van der Waals surface area contributed by atoms with Crippen LogP contribution in [0.5, 0.6) is 0 Å². The lowest BCUT2D eigenvalue weighted by Gasteiger charge is -2.23. The first-order chi connectivity index (χ1) is 12.5. The number of guanidine groups is 1. The molecular weight excluding hydrogens is 454 g/mol. The number of hydrogen-bond acceptors (Lipinski definition) is 2. The van der Waals surface area contributed by atoms with Gasteiger partial charge < -0.3 is 15.5 Å². The van der Waals surface area contributed by atoms with Gasteiger partial charge in [0.05, 0.1) is 0 Å². The molecule has 6 heteroatoms. The number of benzene rings is 1. The van der Waals surface area contributed by atoms with Gasteiger partial charge in [0.15, 0.2) is 5.96 Å². The predicted octanol–water partition coefficient (Wildman–Crippen LogP) is 4.15. The molecule has 27 heavy (non-hydrogen) atoms. The minimum atomic E-state index is -0.155. The molecule has 1 fully saturated rings. The van der Waals surface area contributed by atoms with E-state index in [2.05, 4.69) is 41.3 Å². The third-order valence-electron chi connectivity index (χ3n) is 5.50. The molecule has 0 bridgehead atoms. The summed E-state index contributed by atoms with van der Waals surface area (Å²) in [4.78, 5) is 6.81. The molecule has 1 aromatic carbocycles. The predicted molar refractivity (Wildman–Crippen MR) is 124 cm³/mol. The molecule has 0 radical (unpaired) electrons. The van der Waals surface area contributed by atoms with E-state index < -0.39 is 0 Å². The van der Waals surface area contributed by atoms with Crippen LogP contribution in [0.4, 0.5) is 4.39 Å². The van der Waals surface area contributed by atoms with E-state index in [1.165, 1.54) is 12.5 Å². The number of hydrogen-bond donors (Lipinski definition) is 2. The van der Waals surface area contributed by atoms with E-state index in [1.54, 1.807) is 19.2 Å². The van der Waals surface area contributed by atoms with Gasteiger partial charge in [0.1, 0.15) is 5.82 Å². The van der Waals surface area contributed by atoms with Crippen LogP contribution in [0.15, 0.2) is 29.3 Å². The van der Waals surface area contributed by atoms with Gasteiger partial charge in [0.2, 0.25) is 0 Å². The minimum absolute atomic E-state index is 0. The van der Waals surface area contributed by atoms with E-state index in [9.17, 15) is 4.39 Å². The Balaban J connectivity index is 0.00000364. The number of nitrogens with zero attached hydrogens (tertiary/aromatic N) is 2. The molecule has 0 aliphatic heterocycles. The lowest BCUT2D eigenvalue weighted by atomic mass is 9.96. The maximum Gasteiger partial charge on any atom is 0.191 e. The molecule has 1 unspecified atom stereocenters. The summed E-state index contributed by atoms with van der Waals surface area (Å²) in [5.74, 6) is 0.682. The summed E-state index contributed by atoms with van der Waals surface area (Å²) in [5, 5.41) is 6.93. The van der Waals surface area contributed by atoms with Crippen molar-refractivity contribution in [2.75, 3.05) is 33.2 Å². The highest BCUT2D eigenvalue weighted by molar-refractivity contribution is 14.0. The van der Waals surface area contributed by atoms with Crippen LogP contribution in [0.1, 0.15) is 52.0 Å². The first kappa shape index (κ1) is 24.1. The third-order valence-corrected chi connectivity index (χ3v) is 5.50. The first-order valence-corrected chi connectivity index (χ1v) is 9.98. The van der Waals surface area contributed by atoms with Crippen molar-refractivity contribution < 1.29 is 4.39 Å². The summed E-state index contributed by atoms with van der Waals surface area (Å²) in [7, 11) is 1.81. The molecule has 1 aliphatic rings. The number of halogens is 2. The molecule has 0 spiro atoms. The Kier molecular flexibility index (Phi) is 10.6. The lowest BCUT2D eigenvalue weighted by molar-refractivity contribution is 0.292. The zero-order valence-electron chi connectivity index (χ0n) is 17.2. The quantitative estimate of drug-likeness (QED) is 0.294. The molecule has 0 heterocycles. The topological polar surface area (TPSA) is 39.7 Å². The van der Waals surface area contributed by atoms with Gasteiger partial charge in [-0.15, -0.1) is 24.0 Å². The molecule has 1 atom stereocenters. The Labute approximate surface area is 181 Å². The fraction of sp³-hybridized carbons (Fsp3) is 0.667. The standard InChI is InChI=1S/C21H35FN4.HI/c1-5-26(6-2)14-8-9-17(3)25-20(23-4)24-16-21(12-13-21)18-10-7-11-19(22)15-18;/h7,10-11,15,17H,5-6,8-9,12-14,16H2,1-4H3,(H2,23,24,25);1H. The third kappa shape index (κ3) is 7.56. The van der Waals surface area contributed by atoms with Crippen molar-refractivity contribution in [3.8, 4) is 0 Å². The molecule has 0 saturated heterocycles. The summed E-state index contributed by atoms with van der Waals surface area (Å²) in [5.41, 5.74) is 1.15. The van der Waals surface area contributed by atoms with E-state index in [4.69, 9.17) is 0 Å². The number of rotatable bonds is 10. The summed E-state index contributed by atoms with van der Waals surface area (Å²) in [6, 6.07) is 7.38. The highest BCUT2D eigenvalue weighted by atomic mass is 127. The highest BCUT2D eigenvalue weighted by Crippen LogP contribution is 2.47. The normalized spacial score (nSPS) is 16.6. The van der Waals surface area contributed by atoms with Crippen molar-refractivity contribution in [2.45, 2.75) is 57.9 Å². The van der Waals surface area contributed by atoms with Crippen molar-refractivity contribution in [2.24, 2.45) is 4.99 Å². The van der Waals surface area contributed by atoms with Gasteiger partial charge in [-0.25, -0.2) is 4.39 Å². The van der Waals surface area contributed by atoms with Gasteiger partial charge in [-0.1, -0.05) is 26.0 Å². The minimum Gasteiger partial charge on any atom is -0.356 e. The van der Waals surface area contributed by atoms with Crippen LogP contribution in [-0.4, -0.2) is 50.1 Å². The Bertz CT molecular complexity index is 585. The molecule has 1 aliphatic carbocycles. The second kappa shape index (κ2) is 11.8. The smallest absolute Gasteiger partial charge is 0.191 e. The SMILES string of the molecule is CCN(CC)CCCC(C)NC(=NC)NCC1(c2cccc(F)c2)CC1.I. The Morgan fingerprint density at radius 3 is 2.56 bits per heavy atom. The highest BCUT2D eigenvalue weighted by Gasteiger charge is 2.44. The molecule has 4 nitrogen and oxygen atoms in total. The molecule has 1 aromatic rings. The lowest BCUT2D eigenvalue weighted by Crippen LogP contribution is -2.45. The fourth-order valence-corrected chi connectivity index (χ4v) is 3.45. The van der Waals surface area contributed by atoms with E-state index >= 15 is 0 Å². The second-order valence-corrected chi connectivity index (χ2v) is 7.43. The van der Waals surface area contributed by atoms with Crippen LogP contribution in [0, 0.1) is 5.82 Å². The van der Waals surface area contributed by atoms with Crippen LogP contribution in [0.2, 0.25) is 0 Å². The summed E-state index contributed by atoms with van der Waals surface area (Å²) in [6.45, 7) is 10.8.